The topological polar surface area (TPSA) is 97.7 Å². The maximum Gasteiger partial charge on any atom is 0.354 e. The lowest BCUT2D eigenvalue weighted by Crippen LogP contribution is -2.43. The van der Waals surface area contributed by atoms with Crippen molar-refractivity contribution in [3.8, 4) is 0 Å². The number of carbonyl (C=O) groups excluding carboxylic acids is 2. The van der Waals surface area contributed by atoms with E-state index in [2.05, 4.69) is 5.32 Å². The van der Waals surface area contributed by atoms with Gasteiger partial charge in [0, 0.05) is 30.5 Å². The highest BCUT2D eigenvalue weighted by Gasteiger charge is 2.40. The van der Waals surface area contributed by atoms with Crippen molar-refractivity contribution >= 4 is 39.2 Å². The van der Waals surface area contributed by atoms with Gasteiger partial charge in [-0.1, -0.05) is 11.6 Å². The minimum absolute atomic E-state index is 0.0459. The Kier molecular flexibility index (Phi) is 6.54. The molecule has 2 heterocycles. The highest BCUT2D eigenvalue weighted by Crippen LogP contribution is 2.29. The molecule has 1 aromatic heterocycles. The lowest BCUT2D eigenvalue weighted by atomic mass is 10.1. The predicted octanol–water partition coefficient (Wildman–Crippen LogP) is 2.96. The van der Waals surface area contributed by atoms with Crippen molar-refractivity contribution in [2.45, 2.75) is 37.6 Å². The fourth-order valence-corrected chi connectivity index (χ4v) is 5.45. The number of aromatic nitrogens is 1. The summed E-state index contributed by atoms with van der Waals surface area (Å²) in [4.78, 5) is 24.9. The zero-order chi connectivity index (χ0) is 22.1. The van der Waals surface area contributed by atoms with Gasteiger partial charge in [0.25, 0.3) is 0 Å². The molecule has 1 saturated heterocycles. The molecule has 3 rings (SSSR count). The van der Waals surface area contributed by atoms with Crippen LogP contribution in [0.25, 0.3) is 0 Å². The number of esters is 1. The van der Waals surface area contributed by atoms with E-state index in [4.69, 9.17) is 16.3 Å². The maximum absolute atomic E-state index is 13.2. The summed E-state index contributed by atoms with van der Waals surface area (Å²) >= 11 is 5.95. The van der Waals surface area contributed by atoms with Crippen molar-refractivity contribution in [2.24, 2.45) is 7.05 Å². The molecule has 1 aromatic carbocycles. The average Bonchev–Trinajstić information content (AvgIpc) is 3.32. The van der Waals surface area contributed by atoms with Crippen LogP contribution in [-0.2, 0) is 26.6 Å². The number of nitrogens with zero attached hydrogens (tertiary/aromatic N) is 2. The maximum atomic E-state index is 13.2. The normalized spacial score (nSPS) is 17.1. The van der Waals surface area contributed by atoms with Gasteiger partial charge in [-0.25, -0.2) is 13.2 Å². The molecule has 0 bridgehead atoms. The Morgan fingerprint density at radius 3 is 2.70 bits per heavy atom. The molecule has 0 aliphatic carbocycles. The standard InChI is InChI=1S/C20H24ClN3O5S/c1-4-29-20(26)18-11-15(12-23(18)3)30(27,28)24-9-5-6-17(24)19(25)22-16-8-7-14(21)10-13(16)2/h7-8,10-12,17H,4-6,9H2,1-3H3,(H,22,25)/t17-/m1/s1. The molecule has 162 valence electrons. The molecule has 1 atom stereocenters. The molecule has 1 aliphatic rings. The molecule has 8 nitrogen and oxygen atoms in total. The molecule has 0 saturated carbocycles. The molecule has 10 heteroatoms. The molecule has 1 fully saturated rings. The minimum Gasteiger partial charge on any atom is -0.461 e. The molecule has 0 radical (unpaired) electrons. The summed E-state index contributed by atoms with van der Waals surface area (Å²) in [6.45, 7) is 3.90. The third-order valence-corrected chi connectivity index (χ3v) is 7.13. The molecule has 2 aromatic rings. The smallest absolute Gasteiger partial charge is 0.354 e. The van der Waals surface area contributed by atoms with Crippen molar-refractivity contribution in [3.63, 3.8) is 0 Å². The Labute approximate surface area is 180 Å². The van der Waals surface area contributed by atoms with Crippen molar-refractivity contribution in [2.75, 3.05) is 18.5 Å². The SMILES string of the molecule is CCOC(=O)c1cc(S(=O)(=O)N2CCC[C@@H]2C(=O)Nc2ccc(Cl)cc2C)cn1C. The number of halogens is 1. The number of anilines is 1. The molecule has 1 aliphatic heterocycles. The highest BCUT2D eigenvalue weighted by atomic mass is 35.5. The average molecular weight is 454 g/mol. The predicted molar refractivity (Wildman–Crippen MR) is 113 cm³/mol. The Balaban J connectivity index is 1.84. The van der Waals surface area contributed by atoms with Gasteiger partial charge in [0.1, 0.15) is 16.6 Å². The number of hydrogen-bond donors (Lipinski definition) is 1. The van der Waals surface area contributed by atoms with Crippen LogP contribution in [0.4, 0.5) is 5.69 Å². The van der Waals surface area contributed by atoms with Gasteiger partial charge in [0.2, 0.25) is 15.9 Å². The summed E-state index contributed by atoms with van der Waals surface area (Å²) < 4.78 is 34.0. The van der Waals surface area contributed by atoms with E-state index in [1.807, 2.05) is 6.92 Å². The van der Waals surface area contributed by atoms with E-state index in [9.17, 15) is 18.0 Å². The van der Waals surface area contributed by atoms with Crippen LogP contribution in [0, 0.1) is 6.92 Å². The summed E-state index contributed by atoms with van der Waals surface area (Å²) in [5.41, 5.74) is 1.50. The van der Waals surface area contributed by atoms with Crippen molar-refractivity contribution in [1.82, 2.24) is 8.87 Å². The Morgan fingerprint density at radius 1 is 1.30 bits per heavy atom. The van der Waals surface area contributed by atoms with Gasteiger partial charge in [-0.3, -0.25) is 4.79 Å². The van der Waals surface area contributed by atoms with E-state index >= 15 is 0 Å². The third-order valence-electron chi connectivity index (χ3n) is 5.02. The number of rotatable bonds is 6. The quantitative estimate of drug-likeness (QED) is 0.678. The number of aryl methyl sites for hydroxylation is 2. The second-order valence-corrected chi connectivity index (χ2v) is 9.44. The number of ether oxygens (including phenoxy) is 1. The Hall–Kier alpha value is -2.36. The van der Waals surface area contributed by atoms with Crippen LogP contribution in [0.1, 0.15) is 35.8 Å². The zero-order valence-corrected chi connectivity index (χ0v) is 18.6. The summed E-state index contributed by atoms with van der Waals surface area (Å²) in [5, 5.41) is 3.35. The van der Waals surface area contributed by atoms with Crippen LogP contribution in [0.5, 0.6) is 0 Å². The van der Waals surface area contributed by atoms with Gasteiger partial charge in [-0.2, -0.15) is 4.31 Å². The van der Waals surface area contributed by atoms with Gasteiger partial charge in [-0.15, -0.1) is 0 Å². The first-order chi connectivity index (χ1) is 14.1. The first kappa shape index (κ1) is 22.3. The summed E-state index contributed by atoms with van der Waals surface area (Å²) in [6.07, 6.45) is 2.34. The number of hydrogen-bond acceptors (Lipinski definition) is 5. The lowest BCUT2D eigenvalue weighted by Gasteiger charge is -2.23. The van der Waals surface area contributed by atoms with E-state index in [1.165, 1.54) is 21.1 Å². The van der Waals surface area contributed by atoms with Crippen LogP contribution in [0.3, 0.4) is 0 Å². The second kappa shape index (κ2) is 8.79. The zero-order valence-electron chi connectivity index (χ0n) is 17.0. The first-order valence-corrected chi connectivity index (χ1v) is 11.4. The van der Waals surface area contributed by atoms with E-state index in [1.54, 1.807) is 32.2 Å². The number of benzene rings is 1. The monoisotopic (exact) mass is 453 g/mol. The first-order valence-electron chi connectivity index (χ1n) is 9.57. The summed E-state index contributed by atoms with van der Waals surface area (Å²) in [7, 11) is -2.40. The molecule has 1 N–H and O–H groups in total. The van der Waals surface area contributed by atoms with Crippen LogP contribution in [0.2, 0.25) is 5.02 Å². The van der Waals surface area contributed by atoms with Gasteiger partial charge < -0.3 is 14.6 Å². The summed E-state index contributed by atoms with van der Waals surface area (Å²) in [5.74, 6) is -1.00. The van der Waals surface area contributed by atoms with E-state index in [-0.39, 0.29) is 23.7 Å². The fraction of sp³-hybridized carbons (Fsp3) is 0.400. The van der Waals surface area contributed by atoms with Crippen LogP contribution < -0.4 is 5.32 Å². The van der Waals surface area contributed by atoms with Crippen molar-refractivity contribution < 1.29 is 22.7 Å². The number of carbonyl (C=O) groups is 2. The molecule has 0 spiro atoms. The second-order valence-electron chi connectivity index (χ2n) is 7.11. The van der Waals surface area contributed by atoms with Crippen LogP contribution in [0.15, 0.2) is 35.4 Å². The summed E-state index contributed by atoms with van der Waals surface area (Å²) in [6, 6.07) is 5.52. The van der Waals surface area contributed by atoms with Crippen molar-refractivity contribution in [1.29, 1.82) is 0 Å². The molecular formula is C20H24ClN3O5S. The van der Waals surface area contributed by atoms with Crippen LogP contribution in [-0.4, -0.2) is 48.4 Å². The Bertz CT molecular complexity index is 1080. The van der Waals surface area contributed by atoms with E-state index in [0.717, 1.165) is 5.56 Å². The van der Waals surface area contributed by atoms with Gasteiger partial charge in [0.15, 0.2) is 0 Å². The number of nitrogens with one attached hydrogen (secondary N) is 1. The number of amides is 1. The third kappa shape index (κ3) is 4.38. The van der Waals surface area contributed by atoms with E-state index < -0.39 is 27.9 Å². The molecule has 0 unspecified atom stereocenters. The molecule has 30 heavy (non-hydrogen) atoms. The molecular weight excluding hydrogens is 430 g/mol. The largest absolute Gasteiger partial charge is 0.461 e. The van der Waals surface area contributed by atoms with Crippen molar-refractivity contribution in [3.05, 3.63) is 46.7 Å². The van der Waals surface area contributed by atoms with E-state index in [0.29, 0.717) is 23.6 Å². The molecule has 1 amide bonds. The van der Waals surface area contributed by atoms with Gasteiger partial charge in [0.05, 0.1) is 6.61 Å². The number of sulfonamides is 1. The van der Waals surface area contributed by atoms with Crippen LogP contribution >= 0.6 is 11.6 Å². The Morgan fingerprint density at radius 2 is 2.03 bits per heavy atom. The highest BCUT2D eigenvalue weighted by molar-refractivity contribution is 7.89. The minimum atomic E-state index is -3.97. The van der Waals surface area contributed by atoms with Gasteiger partial charge in [-0.05, 0) is 56.5 Å². The van der Waals surface area contributed by atoms with Gasteiger partial charge >= 0.3 is 5.97 Å². The lowest BCUT2D eigenvalue weighted by molar-refractivity contribution is -0.119. The fourth-order valence-electron chi connectivity index (χ4n) is 3.49.